The Bertz CT molecular complexity index is 52.0. The van der Waals surface area contributed by atoms with Crippen molar-refractivity contribution in [1.29, 1.82) is 0 Å². The summed E-state index contributed by atoms with van der Waals surface area (Å²) in [6.45, 7) is 0.973. The molecule has 0 atom stereocenters. The fourth-order valence-electron chi connectivity index (χ4n) is 0.262. The smallest absolute Gasteiger partial charge is 0.0139 e. The zero-order valence-corrected chi connectivity index (χ0v) is 5.59. The van der Waals surface area contributed by atoms with Crippen molar-refractivity contribution in [3.63, 3.8) is 0 Å². The van der Waals surface area contributed by atoms with Crippen LogP contribution in [0.2, 0.25) is 0 Å². The van der Waals surface area contributed by atoms with E-state index in [4.69, 9.17) is 0 Å². The van der Waals surface area contributed by atoms with Gasteiger partial charge in [-0.05, 0) is 18.7 Å². The van der Waals surface area contributed by atoms with Gasteiger partial charge < -0.3 is 5.32 Å². The van der Waals surface area contributed by atoms with Gasteiger partial charge in [-0.2, -0.15) is 0 Å². The minimum absolute atomic E-state index is 0.973. The molecule has 1 nitrogen and oxygen atoms in total. The fourth-order valence-corrected chi connectivity index (χ4v) is 0.551. The Morgan fingerprint density at radius 1 is 1.71 bits per heavy atom. The molecule has 0 aliphatic rings. The first-order valence-corrected chi connectivity index (χ1v) is 3.53. The first-order chi connectivity index (χ1) is 3.41. The summed E-state index contributed by atoms with van der Waals surface area (Å²) in [4.78, 5) is 0. The Morgan fingerprint density at radius 3 is 2.86 bits per heavy atom. The van der Waals surface area contributed by atoms with E-state index < -0.39 is 0 Å². The summed E-state index contributed by atoms with van der Waals surface area (Å²) >= 11 is 1.72. The molecule has 0 amide bonds. The predicted molar refractivity (Wildman–Crippen MR) is 36.6 cm³/mol. The van der Waals surface area contributed by atoms with Crippen LogP contribution in [0.25, 0.3) is 0 Å². The molecule has 0 bridgehead atoms. The molecular formula is C5H11NS. The van der Waals surface area contributed by atoms with Crippen LogP contribution in [0.5, 0.6) is 0 Å². The maximum Gasteiger partial charge on any atom is 0.0139 e. The summed E-state index contributed by atoms with van der Waals surface area (Å²) < 4.78 is 0. The number of thioether (sulfide) groups is 1. The molecule has 0 heterocycles. The van der Waals surface area contributed by atoms with Gasteiger partial charge in [-0.25, -0.2) is 0 Å². The molecule has 0 unspecified atom stereocenters. The van der Waals surface area contributed by atoms with Gasteiger partial charge in [-0.15, -0.1) is 11.8 Å². The molecule has 2 heteroatoms. The molecule has 0 aliphatic heterocycles. The molecule has 0 saturated carbocycles. The van der Waals surface area contributed by atoms with Gasteiger partial charge in [-0.3, -0.25) is 0 Å². The molecule has 0 aromatic heterocycles. The van der Waals surface area contributed by atoms with E-state index in [1.807, 2.05) is 13.3 Å². The quantitative estimate of drug-likeness (QED) is 0.593. The normalized spacial score (nSPS) is 10.6. The van der Waals surface area contributed by atoms with Crippen molar-refractivity contribution in [3.8, 4) is 0 Å². The van der Waals surface area contributed by atoms with Crippen LogP contribution in [-0.2, 0) is 0 Å². The molecule has 0 radical (unpaired) electrons. The number of nitrogens with one attached hydrogen (secondary N) is 1. The summed E-state index contributed by atoms with van der Waals surface area (Å²) in [5.74, 6) is 0. The topological polar surface area (TPSA) is 12.0 Å². The Labute approximate surface area is 49.2 Å². The van der Waals surface area contributed by atoms with Crippen LogP contribution in [0, 0.1) is 0 Å². The fraction of sp³-hybridized carbons (Fsp3) is 0.600. The second-order valence-electron chi connectivity index (χ2n) is 1.17. The van der Waals surface area contributed by atoms with Crippen LogP contribution in [0.15, 0.2) is 11.5 Å². The van der Waals surface area contributed by atoms with Crippen molar-refractivity contribution >= 4 is 11.8 Å². The van der Waals surface area contributed by atoms with Crippen molar-refractivity contribution in [2.45, 2.75) is 0 Å². The van der Waals surface area contributed by atoms with Crippen LogP contribution >= 0.6 is 11.8 Å². The molecule has 0 saturated heterocycles. The van der Waals surface area contributed by atoms with Gasteiger partial charge in [0.05, 0.1) is 0 Å². The summed E-state index contributed by atoms with van der Waals surface area (Å²) in [6, 6.07) is 0. The van der Waals surface area contributed by atoms with Gasteiger partial charge in [0.1, 0.15) is 0 Å². The molecule has 0 aromatic carbocycles. The first-order valence-electron chi connectivity index (χ1n) is 2.24. The van der Waals surface area contributed by atoms with Gasteiger partial charge in [0.25, 0.3) is 0 Å². The van der Waals surface area contributed by atoms with Crippen molar-refractivity contribution in [2.75, 3.05) is 19.8 Å². The number of rotatable bonds is 3. The van der Waals surface area contributed by atoms with Crippen LogP contribution in [0.3, 0.4) is 0 Å². The molecular weight excluding hydrogens is 106 g/mol. The van der Waals surface area contributed by atoms with Gasteiger partial charge >= 0.3 is 0 Å². The van der Waals surface area contributed by atoms with E-state index in [-0.39, 0.29) is 0 Å². The monoisotopic (exact) mass is 117 g/mol. The van der Waals surface area contributed by atoms with Crippen molar-refractivity contribution in [3.05, 3.63) is 11.5 Å². The highest BCUT2D eigenvalue weighted by atomic mass is 32.2. The molecule has 1 N–H and O–H groups in total. The zero-order valence-electron chi connectivity index (χ0n) is 4.77. The number of likely N-dealkylation sites (N-methyl/N-ethyl adjacent to an activating group) is 1. The molecule has 0 rings (SSSR count). The van der Waals surface area contributed by atoms with Crippen molar-refractivity contribution < 1.29 is 0 Å². The second-order valence-corrected chi connectivity index (χ2v) is 1.91. The summed E-state index contributed by atoms with van der Waals surface area (Å²) in [5, 5.41) is 5.07. The Morgan fingerprint density at radius 2 is 2.43 bits per heavy atom. The summed E-state index contributed by atoms with van der Waals surface area (Å²) in [6.07, 6.45) is 4.14. The van der Waals surface area contributed by atoms with Gasteiger partial charge in [-0.1, -0.05) is 6.08 Å². The van der Waals surface area contributed by atoms with E-state index in [2.05, 4.69) is 16.8 Å². The molecule has 7 heavy (non-hydrogen) atoms. The zero-order chi connectivity index (χ0) is 5.54. The van der Waals surface area contributed by atoms with E-state index in [0.717, 1.165) is 6.54 Å². The SMILES string of the molecule is CNC/C=C\SC. The van der Waals surface area contributed by atoms with E-state index in [0.29, 0.717) is 0 Å². The van der Waals surface area contributed by atoms with E-state index >= 15 is 0 Å². The van der Waals surface area contributed by atoms with Crippen molar-refractivity contribution in [2.24, 2.45) is 0 Å². The lowest BCUT2D eigenvalue weighted by Crippen LogP contribution is -2.03. The highest BCUT2D eigenvalue weighted by Crippen LogP contribution is 1.90. The maximum atomic E-state index is 3.00. The summed E-state index contributed by atoms with van der Waals surface area (Å²) in [7, 11) is 1.94. The van der Waals surface area contributed by atoms with E-state index in [9.17, 15) is 0 Å². The number of hydrogen-bond acceptors (Lipinski definition) is 2. The van der Waals surface area contributed by atoms with Crippen LogP contribution in [0.4, 0.5) is 0 Å². The molecule has 0 fully saturated rings. The Balaban J connectivity index is 2.78. The molecule has 0 aromatic rings. The first kappa shape index (κ1) is 7.05. The molecule has 0 spiro atoms. The van der Waals surface area contributed by atoms with Crippen LogP contribution in [0.1, 0.15) is 0 Å². The summed E-state index contributed by atoms with van der Waals surface area (Å²) in [5.41, 5.74) is 0. The van der Waals surface area contributed by atoms with E-state index in [1.165, 1.54) is 0 Å². The molecule has 0 aliphatic carbocycles. The number of hydrogen-bond donors (Lipinski definition) is 1. The third-order valence-corrected chi connectivity index (χ3v) is 1.02. The standard InChI is InChI=1S/C5H11NS/c1-6-4-3-5-7-2/h3,5-6H,4H2,1-2H3/b5-3-. The van der Waals surface area contributed by atoms with Crippen LogP contribution in [-0.4, -0.2) is 19.8 Å². The highest BCUT2D eigenvalue weighted by molar-refractivity contribution is 8.01. The van der Waals surface area contributed by atoms with E-state index in [1.54, 1.807) is 11.8 Å². The van der Waals surface area contributed by atoms with Gasteiger partial charge in [0.15, 0.2) is 0 Å². The lowest BCUT2D eigenvalue weighted by Gasteiger charge is -1.83. The van der Waals surface area contributed by atoms with Gasteiger partial charge in [0.2, 0.25) is 0 Å². The lowest BCUT2D eigenvalue weighted by atomic mass is 10.6. The third kappa shape index (κ3) is 6.05. The third-order valence-electron chi connectivity index (χ3n) is 0.554. The maximum absolute atomic E-state index is 3.00. The lowest BCUT2D eigenvalue weighted by molar-refractivity contribution is 0.921. The minimum Gasteiger partial charge on any atom is -0.316 e. The predicted octanol–water partition coefficient (Wildman–Crippen LogP) is 1.08. The highest BCUT2D eigenvalue weighted by Gasteiger charge is 1.65. The molecule has 42 valence electrons. The average Bonchev–Trinajstić information content (AvgIpc) is 1.69. The van der Waals surface area contributed by atoms with Crippen molar-refractivity contribution in [1.82, 2.24) is 5.32 Å². The average molecular weight is 117 g/mol. The minimum atomic E-state index is 0.973. The second kappa shape index (κ2) is 6.05. The Hall–Kier alpha value is 0.0500. The Kier molecular flexibility index (Phi) is 6.09. The van der Waals surface area contributed by atoms with Gasteiger partial charge in [0, 0.05) is 6.54 Å². The largest absolute Gasteiger partial charge is 0.316 e. The van der Waals surface area contributed by atoms with Crippen LogP contribution < -0.4 is 5.32 Å².